The normalized spacial score (nSPS) is 38.4. The van der Waals surface area contributed by atoms with E-state index in [0.29, 0.717) is 11.9 Å². The molecule has 3 aliphatic rings. The second-order valence-electron chi connectivity index (χ2n) is 6.57. The van der Waals surface area contributed by atoms with Gasteiger partial charge in [-0.3, -0.25) is 0 Å². The van der Waals surface area contributed by atoms with Gasteiger partial charge in [-0.25, -0.2) is 9.97 Å². The van der Waals surface area contributed by atoms with Gasteiger partial charge < -0.3 is 10.1 Å². The third kappa shape index (κ3) is 1.88. The van der Waals surface area contributed by atoms with Gasteiger partial charge in [0.05, 0.1) is 6.10 Å². The fourth-order valence-corrected chi connectivity index (χ4v) is 4.41. The first-order valence-electron chi connectivity index (χ1n) is 7.47. The summed E-state index contributed by atoms with van der Waals surface area (Å²) in [7, 11) is 0. The summed E-state index contributed by atoms with van der Waals surface area (Å²) >= 11 is 0. The lowest BCUT2D eigenvalue weighted by molar-refractivity contribution is 0.232. The first kappa shape index (κ1) is 11.5. The van der Waals surface area contributed by atoms with Crippen LogP contribution in [0, 0.1) is 23.7 Å². The average Bonchev–Trinajstić information content (AvgIpc) is 2.78. The van der Waals surface area contributed by atoms with Crippen LogP contribution in [0.1, 0.15) is 33.1 Å². The number of hydrogen-bond acceptors (Lipinski definition) is 4. The van der Waals surface area contributed by atoms with Gasteiger partial charge in [-0.1, -0.05) is 0 Å². The van der Waals surface area contributed by atoms with Crippen molar-refractivity contribution in [2.75, 3.05) is 5.32 Å². The number of hydrogen-bond donors (Lipinski definition) is 1. The van der Waals surface area contributed by atoms with E-state index in [1.165, 1.54) is 19.3 Å². The van der Waals surface area contributed by atoms with E-state index < -0.39 is 0 Å². The third-order valence-electron chi connectivity index (χ3n) is 5.05. The Balaban J connectivity index is 1.44. The highest BCUT2D eigenvalue weighted by Crippen LogP contribution is 2.66. The van der Waals surface area contributed by atoms with E-state index in [1.807, 2.05) is 19.9 Å². The van der Waals surface area contributed by atoms with Crippen molar-refractivity contribution >= 4 is 5.82 Å². The summed E-state index contributed by atoms with van der Waals surface area (Å²) < 4.78 is 5.61. The van der Waals surface area contributed by atoms with Crippen LogP contribution < -0.4 is 10.1 Å². The molecule has 3 fully saturated rings. The van der Waals surface area contributed by atoms with Gasteiger partial charge in [-0.05, 0) is 56.8 Å². The molecule has 1 aromatic heterocycles. The third-order valence-corrected chi connectivity index (χ3v) is 5.05. The summed E-state index contributed by atoms with van der Waals surface area (Å²) in [6.07, 6.45) is 6.13. The zero-order valence-electron chi connectivity index (χ0n) is 11.5. The molecule has 19 heavy (non-hydrogen) atoms. The smallest absolute Gasteiger partial charge is 0.218 e. The van der Waals surface area contributed by atoms with Crippen LogP contribution in [-0.2, 0) is 0 Å². The van der Waals surface area contributed by atoms with Gasteiger partial charge in [-0.2, -0.15) is 0 Å². The summed E-state index contributed by atoms with van der Waals surface area (Å²) in [5.74, 6) is 5.40. The Labute approximate surface area is 114 Å². The van der Waals surface area contributed by atoms with Gasteiger partial charge in [0.25, 0.3) is 0 Å². The molecule has 0 aliphatic heterocycles. The zero-order valence-corrected chi connectivity index (χ0v) is 11.5. The standard InChI is InChI=1S/C15H21N3O/c1-8(2)19-12-6-11(16-7-17-12)18-15-13-9-3-4-10(5-9)14(13)15/h6-10,13-15H,3-5H2,1-2H3,(H,16,17,18). The molecule has 0 aromatic carbocycles. The van der Waals surface area contributed by atoms with Crippen molar-refractivity contribution in [2.45, 2.75) is 45.3 Å². The molecule has 1 heterocycles. The average molecular weight is 259 g/mol. The van der Waals surface area contributed by atoms with Crippen LogP contribution in [0.25, 0.3) is 0 Å². The monoisotopic (exact) mass is 259 g/mol. The number of anilines is 1. The molecule has 3 aliphatic carbocycles. The molecule has 2 bridgehead atoms. The van der Waals surface area contributed by atoms with Gasteiger partial charge in [-0.15, -0.1) is 0 Å². The van der Waals surface area contributed by atoms with Crippen LogP contribution in [0.3, 0.4) is 0 Å². The van der Waals surface area contributed by atoms with Gasteiger partial charge in [0.15, 0.2) is 0 Å². The lowest BCUT2D eigenvalue weighted by atomic mass is 10.0. The van der Waals surface area contributed by atoms with Crippen molar-refractivity contribution in [2.24, 2.45) is 23.7 Å². The molecule has 0 amide bonds. The van der Waals surface area contributed by atoms with Crippen molar-refractivity contribution < 1.29 is 4.74 Å². The van der Waals surface area contributed by atoms with Crippen LogP contribution >= 0.6 is 0 Å². The summed E-state index contributed by atoms with van der Waals surface area (Å²) in [6.45, 7) is 4.02. The molecule has 3 saturated carbocycles. The fraction of sp³-hybridized carbons (Fsp3) is 0.733. The molecule has 1 N–H and O–H groups in total. The molecule has 1 aromatic rings. The maximum absolute atomic E-state index is 5.61. The summed E-state index contributed by atoms with van der Waals surface area (Å²) in [6, 6.07) is 2.59. The molecular formula is C15H21N3O. The Kier molecular flexibility index (Phi) is 2.47. The quantitative estimate of drug-likeness (QED) is 0.903. The van der Waals surface area contributed by atoms with Gasteiger partial charge in [0, 0.05) is 12.1 Å². The van der Waals surface area contributed by atoms with E-state index in [-0.39, 0.29) is 6.10 Å². The predicted molar refractivity (Wildman–Crippen MR) is 73.0 cm³/mol. The van der Waals surface area contributed by atoms with Crippen LogP contribution in [-0.4, -0.2) is 22.1 Å². The van der Waals surface area contributed by atoms with Crippen molar-refractivity contribution in [3.63, 3.8) is 0 Å². The number of nitrogens with one attached hydrogen (secondary N) is 1. The Morgan fingerprint density at radius 2 is 1.95 bits per heavy atom. The lowest BCUT2D eigenvalue weighted by Gasteiger charge is -2.12. The number of aromatic nitrogens is 2. The van der Waals surface area contributed by atoms with Crippen molar-refractivity contribution in [1.29, 1.82) is 0 Å². The molecule has 0 spiro atoms. The van der Waals surface area contributed by atoms with Crippen LogP contribution in [0.2, 0.25) is 0 Å². The zero-order chi connectivity index (χ0) is 13.0. The molecule has 4 unspecified atom stereocenters. The highest BCUT2D eigenvalue weighted by atomic mass is 16.5. The largest absolute Gasteiger partial charge is 0.475 e. The first-order valence-corrected chi connectivity index (χ1v) is 7.47. The molecule has 102 valence electrons. The molecule has 4 heteroatoms. The number of fused-ring (bicyclic) bond motifs is 5. The van der Waals surface area contributed by atoms with Crippen molar-refractivity contribution in [3.8, 4) is 5.88 Å². The highest BCUT2D eigenvalue weighted by molar-refractivity contribution is 5.42. The van der Waals surface area contributed by atoms with Gasteiger partial charge in [0.1, 0.15) is 12.1 Å². The number of rotatable bonds is 4. The Morgan fingerprint density at radius 1 is 1.21 bits per heavy atom. The second-order valence-corrected chi connectivity index (χ2v) is 6.57. The second kappa shape index (κ2) is 4.09. The predicted octanol–water partition coefficient (Wildman–Crippen LogP) is 2.72. The molecular weight excluding hydrogens is 238 g/mol. The number of nitrogens with zero attached hydrogens (tertiary/aromatic N) is 2. The molecule has 4 rings (SSSR count). The van der Waals surface area contributed by atoms with Crippen LogP contribution in [0.5, 0.6) is 5.88 Å². The van der Waals surface area contributed by atoms with E-state index in [9.17, 15) is 0 Å². The summed E-state index contributed by atoms with van der Waals surface area (Å²) in [4.78, 5) is 8.47. The molecule has 0 radical (unpaired) electrons. The molecule has 4 atom stereocenters. The van der Waals surface area contributed by atoms with E-state index in [1.54, 1.807) is 6.33 Å². The summed E-state index contributed by atoms with van der Waals surface area (Å²) in [5, 5.41) is 3.60. The number of ether oxygens (including phenoxy) is 1. The Bertz CT molecular complexity index is 474. The SMILES string of the molecule is CC(C)Oc1cc(NC2C3C4CCC(C4)C23)ncn1. The first-order chi connectivity index (χ1) is 9.22. The van der Waals surface area contributed by atoms with E-state index in [4.69, 9.17) is 4.74 Å². The van der Waals surface area contributed by atoms with E-state index in [2.05, 4.69) is 15.3 Å². The van der Waals surface area contributed by atoms with E-state index >= 15 is 0 Å². The minimum Gasteiger partial charge on any atom is -0.475 e. The van der Waals surface area contributed by atoms with Gasteiger partial charge >= 0.3 is 0 Å². The minimum atomic E-state index is 0.152. The molecule has 4 nitrogen and oxygen atoms in total. The highest BCUT2D eigenvalue weighted by Gasteiger charge is 2.65. The maximum atomic E-state index is 5.61. The van der Waals surface area contributed by atoms with Crippen LogP contribution in [0.4, 0.5) is 5.82 Å². The topological polar surface area (TPSA) is 47.0 Å². The van der Waals surface area contributed by atoms with Gasteiger partial charge in [0.2, 0.25) is 5.88 Å². The Hall–Kier alpha value is -1.32. The fourth-order valence-electron chi connectivity index (χ4n) is 4.41. The molecule has 0 saturated heterocycles. The van der Waals surface area contributed by atoms with Crippen molar-refractivity contribution in [3.05, 3.63) is 12.4 Å². The van der Waals surface area contributed by atoms with Crippen molar-refractivity contribution in [1.82, 2.24) is 9.97 Å². The Morgan fingerprint density at radius 3 is 2.63 bits per heavy atom. The van der Waals surface area contributed by atoms with Crippen LogP contribution in [0.15, 0.2) is 12.4 Å². The van der Waals surface area contributed by atoms with E-state index in [0.717, 1.165) is 29.5 Å². The summed E-state index contributed by atoms with van der Waals surface area (Å²) in [5.41, 5.74) is 0. The lowest BCUT2D eigenvalue weighted by Crippen LogP contribution is -2.14. The maximum Gasteiger partial charge on any atom is 0.218 e. The minimum absolute atomic E-state index is 0.152.